The second-order valence-electron chi connectivity index (χ2n) is 7.08. The summed E-state index contributed by atoms with van der Waals surface area (Å²) in [6.45, 7) is -0.466. The molecule has 14 heteroatoms. The minimum Gasteiger partial charge on any atom is -0.333 e. The van der Waals surface area contributed by atoms with Crippen molar-refractivity contribution in [2.24, 2.45) is 0 Å². The van der Waals surface area contributed by atoms with Gasteiger partial charge in [0.25, 0.3) is 0 Å². The molecule has 0 spiro atoms. The van der Waals surface area contributed by atoms with Gasteiger partial charge in [-0.25, -0.2) is 4.39 Å². The summed E-state index contributed by atoms with van der Waals surface area (Å²) in [6.07, 6.45) is -5.37. The highest BCUT2D eigenvalue weighted by Gasteiger charge is 2.40. The lowest BCUT2D eigenvalue weighted by molar-refractivity contribution is -0.521. The number of para-hydroxylation sites is 1. The van der Waals surface area contributed by atoms with E-state index in [1.54, 1.807) is 6.07 Å². The van der Waals surface area contributed by atoms with Crippen LogP contribution in [0.1, 0.15) is 23.8 Å². The molecule has 2 aromatic heterocycles. The van der Waals surface area contributed by atoms with E-state index in [1.165, 1.54) is 17.0 Å². The van der Waals surface area contributed by atoms with E-state index in [4.69, 9.17) is 0 Å². The number of hydrogen-bond acceptors (Lipinski definition) is 6. The Bertz CT molecular complexity index is 1160. The van der Waals surface area contributed by atoms with Gasteiger partial charge in [0, 0.05) is 23.4 Å². The molecule has 0 saturated heterocycles. The number of rotatable bonds is 5. The van der Waals surface area contributed by atoms with Crippen LogP contribution in [-0.2, 0) is 30.5 Å². The third-order valence-corrected chi connectivity index (χ3v) is 5.12. The first-order valence-corrected chi connectivity index (χ1v) is 9.17. The Labute approximate surface area is 171 Å². The Morgan fingerprint density at radius 1 is 1.29 bits per heavy atom. The highest BCUT2D eigenvalue weighted by Crippen LogP contribution is 2.29. The van der Waals surface area contributed by atoms with Crippen LogP contribution in [0, 0.1) is 15.9 Å². The van der Waals surface area contributed by atoms with Gasteiger partial charge in [-0.05, 0) is 6.07 Å². The van der Waals surface area contributed by atoms with E-state index >= 15 is 0 Å². The number of H-pyrrole nitrogens is 1. The molecule has 3 heterocycles. The predicted molar refractivity (Wildman–Crippen MR) is 95.6 cm³/mol. The number of aromatic amines is 1. The van der Waals surface area contributed by atoms with Gasteiger partial charge in [-0.3, -0.25) is 20.0 Å². The number of amides is 1. The van der Waals surface area contributed by atoms with E-state index in [1.807, 2.05) is 0 Å². The molecule has 0 radical (unpaired) electrons. The Morgan fingerprint density at radius 3 is 2.77 bits per heavy atom. The lowest BCUT2D eigenvalue weighted by Crippen LogP contribution is -2.41. The van der Waals surface area contributed by atoms with E-state index in [9.17, 15) is 32.5 Å². The van der Waals surface area contributed by atoms with E-state index in [0.717, 1.165) is 4.57 Å². The zero-order chi connectivity index (χ0) is 22.3. The SMILES string of the molecule is O=C(CC(Cc1n[nH]c2c(F)cccc12)[N+](=O)[O-])N1CCn2c(nnc2C(F)(F)F)C1. The number of nitro groups is 1. The van der Waals surface area contributed by atoms with Crippen LogP contribution in [0.4, 0.5) is 17.6 Å². The van der Waals surface area contributed by atoms with Crippen molar-refractivity contribution in [3.63, 3.8) is 0 Å². The van der Waals surface area contributed by atoms with Gasteiger partial charge in [0.05, 0.1) is 25.1 Å². The zero-order valence-corrected chi connectivity index (χ0v) is 15.8. The van der Waals surface area contributed by atoms with Crippen molar-refractivity contribution in [1.29, 1.82) is 0 Å². The molecule has 1 aromatic carbocycles. The molecule has 1 aliphatic rings. The van der Waals surface area contributed by atoms with Crippen LogP contribution < -0.4 is 0 Å². The minimum atomic E-state index is -4.67. The maximum atomic E-state index is 13.8. The van der Waals surface area contributed by atoms with Gasteiger partial charge >= 0.3 is 6.18 Å². The summed E-state index contributed by atoms with van der Waals surface area (Å²) < 4.78 is 53.5. The summed E-state index contributed by atoms with van der Waals surface area (Å²) in [6, 6.07) is 2.89. The molecule has 0 saturated carbocycles. The van der Waals surface area contributed by atoms with Crippen LogP contribution >= 0.6 is 0 Å². The molecule has 3 aromatic rings. The molecular weight excluding hydrogens is 426 g/mol. The largest absolute Gasteiger partial charge is 0.451 e. The molecule has 4 rings (SSSR count). The Morgan fingerprint density at radius 2 is 2.06 bits per heavy atom. The molecule has 0 fully saturated rings. The average molecular weight is 441 g/mol. The number of nitrogens with one attached hydrogen (secondary N) is 1. The maximum Gasteiger partial charge on any atom is 0.451 e. The molecule has 1 aliphatic heterocycles. The van der Waals surface area contributed by atoms with E-state index in [2.05, 4.69) is 20.4 Å². The number of fused-ring (bicyclic) bond motifs is 2. The molecule has 1 atom stereocenters. The van der Waals surface area contributed by atoms with E-state index < -0.39 is 41.1 Å². The van der Waals surface area contributed by atoms with Crippen LogP contribution in [0.3, 0.4) is 0 Å². The molecular formula is C17H15F4N7O3. The van der Waals surface area contributed by atoms with Crippen molar-refractivity contribution >= 4 is 16.8 Å². The molecule has 31 heavy (non-hydrogen) atoms. The second kappa shape index (κ2) is 7.59. The van der Waals surface area contributed by atoms with Gasteiger partial charge in [-0.1, -0.05) is 12.1 Å². The number of carbonyl (C=O) groups is 1. The van der Waals surface area contributed by atoms with Gasteiger partial charge in [-0.15, -0.1) is 10.2 Å². The minimum absolute atomic E-state index is 0.0432. The number of aromatic nitrogens is 5. The van der Waals surface area contributed by atoms with Crippen molar-refractivity contribution in [2.45, 2.75) is 38.1 Å². The first-order chi connectivity index (χ1) is 14.6. The predicted octanol–water partition coefficient (Wildman–Crippen LogP) is 1.93. The second-order valence-corrected chi connectivity index (χ2v) is 7.08. The van der Waals surface area contributed by atoms with Gasteiger partial charge in [-0.2, -0.15) is 18.3 Å². The van der Waals surface area contributed by atoms with Crippen LogP contribution in [-0.4, -0.2) is 53.3 Å². The lowest BCUT2D eigenvalue weighted by atomic mass is 10.0. The number of hydrogen-bond donors (Lipinski definition) is 1. The molecule has 164 valence electrons. The van der Waals surface area contributed by atoms with Crippen LogP contribution in [0.5, 0.6) is 0 Å². The summed E-state index contributed by atoms with van der Waals surface area (Å²) in [4.78, 5) is 24.7. The fourth-order valence-corrected chi connectivity index (χ4v) is 3.57. The Kier molecular flexibility index (Phi) is 5.07. The highest BCUT2D eigenvalue weighted by molar-refractivity contribution is 5.82. The summed E-state index contributed by atoms with van der Waals surface area (Å²) >= 11 is 0. The van der Waals surface area contributed by atoms with Crippen molar-refractivity contribution in [2.75, 3.05) is 6.54 Å². The molecule has 10 nitrogen and oxygen atoms in total. The summed E-state index contributed by atoms with van der Waals surface area (Å²) in [5, 5.41) is 25.0. The number of carbonyl (C=O) groups excluding carboxylic acids is 1. The quantitative estimate of drug-likeness (QED) is 0.367. The fraction of sp³-hybridized carbons (Fsp3) is 0.412. The van der Waals surface area contributed by atoms with Gasteiger partial charge in [0.1, 0.15) is 11.3 Å². The molecule has 0 bridgehead atoms. The van der Waals surface area contributed by atoms with E-state index in [0.29, 0.717) is 5.39 Å². The Balaban J connectivity index is 1.48. The van der Waals surface area contributed by atoms with Gasteiger partial charge in [0.15, 0.2) is 5.82 Å². The molecule has 0 aliphatic carbocycles. The fourth-order valence-electron chi connectivity index (χ4n) is 3.57. The van der Waals surface area contributed by atoms with Gasteiger partial charge < -0.3 is 9.47 Å². The number of alkyl halides is 3. The van der Waals surface area contributed by atoms with E-state index in [-0.39, 0.29) is 43.1 Å². The van der Waals surface area contributed by atoms with Gasteiger partial charge in [0.2, 0.25) is 17.8 Å². The van der Waals surface area contributed by atoms with Crippen molar-refractivity contribution in [1.82, 2.24) is 29.9 Å². The molecule has 1 unspecified atom stereocenters. The van der Waals surface area contributed by atoms with Crippen molar-refractivity contribution in [3.8, 4) is 0 Å². The van der Waals surface area contributed by atoms with Crippen LogP contribution in [0.2, 0.25) is 0 Å². The zero-order valence-electron chi connectivity index (χ0n) is 15.8. The summed E-state index contributed by atoms with van der Waals surface area (Å²) in [7, 11) is 0. The van der Waals surface area contributed by atoms with Crippen LogP contribution in [0.15, 0.2) is 18.2 Å². The summed E-state index contributed by atoms with van der Waals surface area (Å²) in [5.74, 6) is -2.34. The smallest absolute Gasteiger partial charge is 0.333 e. The third kappa shape index (κ3) is 3.92. The first kappa shape index (κ1) is 20.7. The number of nitrogens with zero attached hydrogens (tertiary/aromatic N) is 6. The first-order valence-electron chi connectivity index (χ1n) is 9.17. The van der Waals surface area contributed by atoms with Crippen molar-refractivity contribution < 1.29 is 27.3 Å². The lowest BCUT2D eigenvalue weighted by Gasteiger charge is -2.28. The average Bonchev–Trinajstić information content (AvgIpc) is 3.31. The van der Waals surface area contributed by atoms with Crippen molar-refractivity contribution in [3.05, 3.63) is 51.5 Å². The normalized spacial score (nSPS) is 15.2. The number of halogens is 4. The summed E-state index contributed by atoms with van der Waals surface area (Å²) in [5.41, 5.74) is 0.360. The molecule has 1 amide bonds. The monoisotopic (exact) mass is 441 g/mol. The maximum absolute atomic E-state index is 13.8. The standard InChI is InChI=1S/C17H15F4N7O3/c18-11-3-1-2-10-12(22-24-15(10)11)6-9(28(30)31)7-14(29)26-4-5-27-13(8-26)23-25-16(27)17(19,20)21/h1-3,9H,4-8H2,(H,22,24). The topological polar surface area (TPSA) is 123 Å². The molecule has 1 N–H and O–H groups in total. The Hall–Kier alpha value is -3.58. The van der Waals surface area contributed by atoms with Crippen LogP contribution in [0.25, 0.3) is 10.9 Å². The third-order valence-electron chi connectivity index (χ3n) is 5.12. The number of benzene rings is 1. The highest BCUT2D eigenvalue weighted by atomic mass is 19.4.